The lowest BCUT2D eigenvalue weighted by atomic mass is 9.92. The van der Waals surface area contributed by atoms with Gasteiger partial charge in [0.1, 0.15) is 4.47 Å². The van der Waals surface area contributed by atoms with Crippen LogP contribution in [-0.4, -0.2) is 22.9 Å². The van der Waals surface area contributed by atoms with Gasteiger partial charge in [0.05, 0.1) is 11.9 Å². The smallest absolute Gasteiger partial charge is 0.282 e. The lowest BCUT2D eigenvalue weighted by molar-refractivity contribution is 0.356. The molecule has 1 aliphatic heterocycles. The number of aryl methyl sites for hydroxylation is 1. The minimum atomic E-state index is -0.0756. The Morgan fingerprint density at radius 2 is 1.94 bits per heavy atom. The zero-order valence-electron chi connectivity index (χ0n) is 10.5. The second-order valence-corrected chi connectivity index (χ2v) is 5.92. The first kappa shape index (κ1) is 12.6. The van der Waals surface area contributed by atoms with E-state index in [1.165, 1.54) is 11.1 Å². The van der Waals surface area contributed by atoms with E-state index in [2.05, 4.69) is 39.8 Å². The molecule has 1 saturated heterocycles. The first-order chi connectivity index (χ1) is 7.99. The minimum Gasteiger partial charge on any atom is -0.369 e. The number of anilines is 1. The quantitative estimate of drug-likeness (QED) is 0.796. The summed E-state index contributed by atoms with van der Waals surface area (Å²) >= 11 is 3.39. The predicted octanol–water partition coefficient (Wildman–Crippen LogP) is 2.03. The molecule has 0 radical (unpaired) electrons. The molecule has 0 aliphatic carbocycles. The third-order valence-corrected chi connectivity index (χ3v) is 4.01. The van der Waals surface area contributed by atoms with E-state index in [9.17, 15) is 4.79 Å². The summed E-state index contributed by atoms with van der Waals surface area (Å²) in [5.41, 5.74) is 0.847. The van der Waals surface area contributed by atoms with Gasteiger partial charge < -0.3 is 4.90 Å². The number of hydrogen-bond acceptors (Lipinski definition) is 3. The molecule has 2 atom stereocenters. The Balaban J connectivity index is 2.34. The van der Waals surface area contributed by atoms with Crippen LogP contribution < -0.4 is 10.5 Å². The Labute approximate surface area is 110 Å². The lowest BCUT2D eigenvalue weighted by Crippen LogP contribution is -2.40. The van der Waals surface area contributed by atoms with E-state index in [0.29, 0.717) is 16.3 Å². The molecule has 0 amide bonds. The second kappa shape index (κ2) is 4.80. The third kappa shape index (κ3) is 2.54. The second-order valence-electron chi connectivity index (χ2n) is 5.12. The van der Waals surface area contributed by atoms with Crippen LogP contribution in [0.25, 0.3) is 0 Å². The minimum absolute atomic E-state index is 0.0756. The van der Waals surface area contributed by atoms with Gasteiger partial charge in [-0.15, -0.1) is 0 Å². The Morgan fingerprint density at radius 1 is 1.35 bits per heavy atom. The van der Waals surface area contributed by atoms with E-state index in [1.807, 2.05) is 0 Å². The fraction of sp³-hybridized carbons (Fsp3) is 0.667. The van der Waals surface area contributed by atoms with Crippen molar-refractivity contribution in [3.8, 4) is 0 Å². The molecule has 1 aliphatic rings. The number of nitrogens with zero attached hydrogens (tertiary/aromatic N) is 3. The van der Waals surface area contributed by atoms with Crippen LogP contribution in [0, 0.1) is 11.8 Å². The van der Waals surface area contributed by atoms with Crippen LogP contribution in [-0.2, 0) is 7.05 Å². The van der Waals surface area contributed by atoms with Gasteiger partial charge in [0.25, 0.3) is 5.56 Å². The average molecular weight is 300 g/mol. The van der Waals surface area contributed by atoms with Gasteiger partial charge in [-0.2, -0.15) is 5.10 Å². The number of halogens is 1. The topological polar surface area (TPSA) is 38.1 Å². The standard InChI is InChI=1S/C12H18BrN3O/c1-8-4-9(2)7-16(6-8)10-5-14-15(3)12(17)11(10)13/h5,8-9H,4,6-7H2,1-3H3. The van der Waals surface area contributed by atoms with Gasteiger partial charge in [0.15, 0.2) is 0 Å². The van der Waals surface area contributed by atoms with Crippen LogP contribution in [0.3, 0.4) is 0 Å². The predicted molar refractivity (Wildman–Crippen MR) is 72.3 cm³/mol. The summed E-state index contributed by atoms with van der Waals surface area (Å²) in [5, 5.41) is 4.10. The maximum absolute atomic E-state index is 11.8. The highest BCUT2D eigenvalue weighted by atomic mass is 79.9. The van der Waals surface area contributed by atoms with Crippen molar-refractivity contribution in [2.75, 3.05) is 18.0 Å². The summed E-state index contributed by atoms with van der Waals surface area (Å²) in [6.45, 7) is 6.51. The van der Waals surface area contributed by atoms with E-state index in [4.69, 9.17) is 0 Å². The van der Waals surface area contributed by atoms with Gasteiger partial charge in [-0.25, -0.2) is 4.68 Å². The van der Waals surface area contributed by atoms with Gasteiger partial charge in [0.2, 0.25) is 0 Å². The van der Waals surface area contributed by atoms with E-state index >= 15 is 0 Å². The molecule has 2 unspecified atom stereocenters. The molecular weight excluding hydrogens is 282 g/mol. The Morgan fingerprint density at radius 3 is 2.53 bits per heavy atom. The van der Waals surface area contributed by atoms with Crippen LogP contribution >= 0.6 is 15.9 Å². The third-order valence-electron chi connectivity index (χ3n) is 3.27. The Kier molecular flexibility index (Phi) is 3.56. The first-order valence-corrected chi connectivity index (χ1v) is 6.75. The van der Waals surface area contributed by atoms with Crippen molar-refractivity contribution in [1.29, 1.82) is 0 Å². The molecule has 5 heteroatoms. The molecule has 4 nitrogen and oxygen atoms in total. The zero-order valence-corrected chi connectivity index (χ0v) is 12.1. The van der Waals surface area contributed by atoms with Crippen LogP contribution in [0.1, 0.15) is 20.3 Å². The van der Waals surface area contributed by atoms with Crippen LogP contribution in [0.4, 0.5) is 5.69 Å². The van der Waals surface area contributed by atoms with Crippen molar-refractivity contribution in [1.82, 2.24) is 9.78 Å². The van der Waals surface area contributed by atoms with Crippen molar-refractivity contribution in [3.63, 3.8) is 0 Å². The fourth-order valence-corrected chi connectivity index (χ4v) is 3.19. The number of piperidine rings is 1. The highest BCUT2D eigenvalue weighted by Crippen LogP contribution is 2.29. The SMILES string of the molecule is CC1CC(C)CN(c2cnn(C)c(=O)c2Br)C1. The highest BCUT2D eigenvalue weighted by molar-refractivity contribution is 9.10. The van der Waals surface area contributed by atoms with Gasteiger partial charge >= 0.3 is 0 Å². The van der Waals surface area contributed by atoms with E-state index in [1.54, 1.807) is 13.2 Å². The molecular formula is C12H18BrN3O. The van der Waals surface area contributed by atoms with Crippen molar-refractivity contribution < 1.29 is 0 Å². The molecule has 0 bridgehead atoms. The summed E-state index contributed by atoms with van der Waals surface area (Å²) in [5.74, 6) is 1.32. The van der Waals surface area contributed by atoms with Crippen molar-refractivity contribution in [2.45, 2.75) is 20.3 Å². The molecule has 94 valence electrons. The van der Waals surface area contributed by atoms with E-state index in [0.717, 1.165) is 18.8 Å². The molecule has 0 N–H and O–H groups in total. The van der Waals surface area contributed by atoms with Crippen molar-refractivity contribution >= 4 is 21.6 Å². The number of aromatic nitrogens is 2. The van der Waals surface area contributed by atoms with Crippen LogP contribution in [0.15, 0.2) is 15.5 Å². The molecule has 2 heterocycles. The summed E-state index contributed by atoms with van der Waals surface area (Å²) in [6.07, 6.45) is 3.03. The number of hydrogen-bond donors (Lipinski definition) is 0. The normalized spacial score (nSPS) is 25.1. The van der Waals surface area contributed by atoms with E-state index < -0.39 is 0 Å². The zero-order chi connectivity index (χ0) is 12.6. The van der Waals surface area contributed by atoms with Crippen LogP contribution in [0.5, 0.6) is 0 Å². The average Bonchev–Trinajstić information content (AvgIpc) is 2.24. The van der Waals surface area contributed by atoms with Crippen molar-refractivity contribution in [3.05, 3.63) is 21.0 Å². The molecule has 1 aromatic heterocycles. The molecule has 1 fully saturated rings. The fourth-order valence-electron chi connectivity index (χ4n) is 2.58. The highest BCUT2D eigenvalue weighted by Gasteiger charge is 2.24. The molecule has 0 spiro atoms. The molecule has 0 saturated carbocycles. The largest absolute Gasteiger partial charge is 0.369 e. The first-order valence-electron chi connectivity index (χ1n) is 5.95. The Hall–Kier alpha value is -0.840. The Bertz CT molecular complexity index is 461. The molecule has 0 aromatic carbocycles. The van der Waals surface area contributed by atoms with Gasteiger partial charge in [-0.05, 0) is 34.2 Å². The lowest BCUT2D eigenvalue weighted by Gasteiger charge is -2.36. The monoisotopic (exact) mass is 299 g/mol. The molecule has 17 heavy (non-hydrogen) atoms. The molecule has 2 rings (SSSR count). The van der Waals surface area contributed by atoms with Gasteiger partial charge in [-0.1, -0.05) is 13.8 Å². The summed E-state index contributed by atoms with van der Waals surface area (Å²) < 4.78 is 1.97. The number of rotatable bonds is 1. The maximum Gasteiger partial charge on any atom is 0.282 e. The molecule has 1 aromatic rings. The van der Waals surface area contributed by atoms with Crippen LogP contribution in [0.2, 0.25) is 0 Å². The summed E-state index contributed by atoms with van der Waals surface area (Å²) in [7, 11) is 1.67. The maximum atomic E-state index is 11.8. The van der Waals surface area contributed by atoms with Gasteiger partial charge in [0, 0.05) is 20.1 Å². The van der Waals surface area contributed by atoms with Crippen molar-refractivity contribution in [2.24, 2.45) is 18.9 Å². The van der Waals surface area contributed by atoms with Gasteiger partial charge in [-0.3, -0.25) is 4.79 Å². The summed E-state index contributed by atoms with van der Waals surface area (Å²) in [6, 6.07) is 0. The van der Waals surface area contributed by atoms with E-state index in [-0.39, 0.29) is 5.56 Å². The summed E-state index contributed by atoms with van der Waals surface area (Å²) in [4.78, 5) is 14.1.